The zero-order chi connectivity index (χ0) is 15.9. The molecule has 1 heterocycles. The van der Waals surface area contributed by atoms with Gasteiger partial charge in [0.25, 0.3) is 0 Å². The smallest absolute Gasteiger partial charge is 0.159 e. The monoisotopic (exact) mass is 307 g/mol. The lowest BCUT2D eigenvalue weighted by atomic mass is 10.1. The van der Waals surface area contributed by atoms with E-state index in [1.54, 1.807) is 18.2 Å². The molecule has 1 aliphatic heterocycles. The molecule has 1 aromatic rings. The maximum atomic E-state index is 11.3. The third kappa shape index (κ3) is 4.80. The third-order valence-electron chi connectivity index (χ3n) is 3.99. The lowest BCUT2D eigenvalue weighted by molar-refractivity contribution is 0.0609. The van der Waals surface area contributed by atoms with Gasteiger partial charge in [-0.05, 0) is 51.1 Å². The van der Waals surface area contributed by atoms with Gasteiger partial charge in [0.2, 0.25) is 0 Å². The molecule has 1 atom stereocenters. The molecule has 0 amide bonds. The van der Waals surface area contributed by atoms with Crippen molar-refractivity contribution in [3.8, 4) is 5.75 Å². The summed E-state index contributed by atoms with van der Waals surface area (Å²) < 4.78 is 5.62. The van der Waals surface area contributed by atoms with Crippen LogP contribution < -0.4 is 4.74 Å². The number of hydrogen-bond acceptors (Lipinski definition) is 5. The van der Waals surface area contributed by atoms with E-state index in [9.17, 15) is 15.0 Å². The Kier molecular flexibility index (Phi) is 6.36. The fraction of sp³-hybridized carbons (Fsp3) is 0.588. The number of aliphatic hydroxyl groups is 2. The molecule has 0 saturated carbocycles. The lowest BCUT2D eigenvalue weighted by Crippen LogP contribution is -2.38. The van der Waals surface area contributed by atoms with Gasteiger partial charge in [-0.25, -0.2) is 0 Å². The fourth-order valence-electron chi connectivity index (χ4n) is 2.74. The minimum Gasteiger partial charge on any atom is -0.490 e. The number of carbonyl (C=O) groups is 1. The summed E-state index contributed by atoms with van der Waals surface area (Å²) in [5.74, 6) is 0.469. The van der Waals surface area contributed by atoms with Crippen molar-refractivity contribution in [2.45, 2.75) is 38.9 Å². The number of carbonyl (C=O) groups excluding carboxylic acids is 1. The van der Waals surface area contributed by atoms with E-state index in [2.05, 4.69) is 4.90 Å². The molecule has 0 aromatic heterocycles. The highest BCUT2D eigenvalue weighted by Gasteiger charge is 2.16. The summed E-state index contributed by atoms with van der Waals surface area (Å²) >= 11 is 0. The van der Waals surface area contributed by atoms with Crippen LogP contribution in [0.4, 0.5) is 0 Å². The van der Waals surface area contributed by atoms with Crippen LogP contribution in [-0.4, -0.2) is 53.2 Å². The van der Waals surface area contributed by atoms with Crippen LogP contribution in [-0.2, 0) is 6.61 Å². The van der Waals surface area contributed by atoms with E-state index < -0.39 is 6.10 Å². The van der Waals surface area contributed by atoms with Crippen molar-refractivity contribution in [2.75, 3.05) is 26.2 Å². The summed E-state index contributed by atoms with van der Waals surface area (Å²) in [6.45, 7) is 4.15. The first-order valence-corrected chi connectivity index (χ1v) is 7.88. The molecule has 1 fully saturated rings. The molecule has 1 saturated heterocycles. The molecule has 2 N–H and O–H groups in total. The Bertz CT molecular complexity index is 497. The number of benzene rings is 1. The van der Waals surface area contributed by atoms with Gasteiger partial charge in [-0.15, -0.1) is 0 Å². The Hall–Kier alpha value is -1.43. The summed E-state index contributed by atoms with van der Waals surface area (Å²) in [7, 11) is 0. The number of ether oxygens (including phenoxy) is 1. The second-order valence-corrected chi connectivity index (χ2v) is 5.86. The number of nitrogens with zero attached hydrogens (tertiary/aromatic N) is 1. The zero-order valence-corrected chi connectivity index (χ0v) is 13.1. The minimum absolute atomic E-state index is 0.0496. The molecule has 1 unspecified atom stereocenters. The highest BCUT2D eigenvalue weighted by molar-refractivity contribution is 5.94. The number of β-amino-alcohol motifs (C(OH)–C–C–N with tert-alkyl or cyclic N) is 1. The number of Topliss-reactive ketones (excluding diaryl/α,β-unsaturated/α-hetero) is 1. The van der Waals surface area contributed by atoms with Crippen LogP contribution in [0.25, 0.3) is 0 Å². The molecule has 0 aliphatic carbocycles. The van der Waals surface area contributed by atoms with Crippen LogP contribution >= 0.6 is 0 Å². The highest BCUT2D eigenvalue weighted by atomic mass is 16.5. The van der Waals surface area contributed by atoms with E-state index in [1.807, 2.05) is 0 Å². The molecule has 1 aliphatic rings. The molecular formula is C17H25NO4. The van der Waals surface area contributed by atoms with Gasteiger partial charge in [0.15, 0.2) is 5.78 Å². The van der Waals surface area contributed by atoms with Gasteiger partial charge in [0.1, 0.15) is 18.5 Å². The van der Waals surface area contributed by atoms with Gasteiger partial charge >= 0.3 is 0 Å². The number of piperidine rings is 1. The van der Waals surface area contributed by atoms with Gasteiger partial charge in [-0.3, -0.25) is 4.79 Å². The molecule has 0 radical (unpaired) electrons. The zero-order valence-electron chi connectivity index (χ0n) is 13.1. The minimum atomic E-state index is -0.558. The molecule has 22 heavy (non-hydrogen) atoms. The summed E-state index contributed by atoms with van der Waals surface area (Å²) in [6, 6.07) is 4.98. The molecule has 5 nitrogen and oxygen atoms in total. The second kappa shape index (κ2) is 8.27. The summed E-state index contributed by atoms with van der Waals surface area (Å²) in [6.07, 6.45) is 3.09. The largest absolute Gasteiger partial charge is 0.490 e. The van der Waals surface area contributed by atoms with E-state index in [0.717, 1.165) is 13.1 Å². The van der Waals surface area contributed by atoms with Crippen molar-refractivity contribution in [1.29, 1.82) is 0 Å². The van der Waals surface area contributed by atoms with Crippen LogP contribution in [0.3, 0.4) is 0 Å². The number of hydrogen-bond donors (Lipinski definition) is 2. The Morgan fingerprint density at radius 2 is 2.05 bits per heavy atom. The van der Waals surface area contributed by atoms with Gasteiger partial charge in [0, 0.05) is 17.7 Å². The molecule has 122 valence electrons. The quantitative estimate of drug-likeness (QED) is 0.749. The number of aliphatic hydroxyl groups excluding tert-OH is 2. The number of ketones is 1. The van der Waals surface area contributed by atoms with Crippen LogP contribution in [0.5, 0.6) is 5.75 Å². The Balaban J connectivity index is 1.88. The lowest BCUT2D eigenvalue weighted by Gasteiger charge is -2.28. The van der Waals surface area contributed by atoms with E-state index >= 15 is 0 Å². The maximum absolute atomic E-state index is 11.3. The van der Waals surface area contributed by atoms with Gasteiger partial charge < -0.3 is 19.8 Å². The summed E-state index contributed by atoms with van der Waals surface area (Å²) in [5, 5.41) is 19.5. The van der Waals surface area contributed by atoms with Gasteiger partial charge in [0.05, 0.1) is 6.61 Å². The van der Waals surface area contributed by atoms with E-state index in [4.69, 9.17) is 4.74 Å². The molecule has 2 rings (SSSR count). The first kappa shape index (κ1) is 16.9. The van der Waals surface area contributed by atoms with Crippen molar-refractivity contribution in [2.24, 2.45) is 0 Å². The van der Waals surface area contributed by atoms with Crippen molar-refractivity contribution in [1.82, 2.24) is 4.90 Å². The van der Waals surface area contributed by atoms with Crippen molar-refractivity contribution >= 4 is 5.78 Å². The van der Waals surface area contributed by atoms with Gasteiger partial charge in [-0.1, -0.05) is 6.42 Å². The van der Waals surface area contributed by atoms with Crippen molar-refractivity contribution in [3.63, 3.8) is 0 Å². The van der Waals surface area contributed by atoms with Crippen LogP contribution in [0.15, 0.2) is 18.2 Å². The standard InChI is InChI=1S/C17H25NO4/c1-13(20)14-5-6-17(15(9-14)11-19)22-12-16(21)10-18-7-3-2-4-8-18/h5-6,9,16,19,21H,2-4,7-8,10-12H2,1H3. The average Bonchev–Trinajstić information content (AvgIpc) is 2.53. The molecular weight excluding hydrogens is 282 g/mol. The fourth-order valence-corrected chi connectivity index (χ4v) is 2.74. The summed E-state index contributed by atoms with van der Waals surface area (Å²) in [4.78, 5) is 13.6. The Morgan fingerprint density at radius 1 is 1.32 bits per heavy atom. The molecule has 1 aromatic carbocycles. The second-order valence-electron chi connectivity index (χ2n) is 5.86. The number of rotatable bonds is 7. The van der Waals surface area contributed by atoms with E-state index in [1.165, 1.54) is 26.2 Å². The first-order chi connectivity index (χ1) is 10.6. The number of likely N-dealkylation sites (tertiary alicyclic amines) is 1. The van der Waals surface area contributed by atoms with Gasteiger partial charge in [-0.2, -0.15) is 0 Å². The normalized spacial score (nSPS) is 17.2. The molecule has 5 heteroatoms. The highest BCUT2D eigenvalue weighted by Crippen LogP contribution is 2.21. The molecule has 0 spiro atoms. The first-order valence-electron chi connectivity index (χ1n) is 7.88. The Morgan fingerprint density at radius 3 is 2.68 bits per heavy atom. The van der Waals surface area contributed by atoms with E-state index in [-0.39, 0.29) is 19.0 Å². The van der Waals surface area contributed by atoms with Crippen LogP contribution in [0.2, 0.25) is 0 Å². The topological polar surface area (TPSA) is 70.0 Å². The molecule has 0 bridgehead atoms. The van der Waals surface area contributed by atoms with E-state index in [0.29, 0.717) is 23.4 Å². The van der Waals surface area contributed by atoms with Crippen LogP contribution in [0.1, 0.15) is 42.1 Å². The Labute approximate surface area is 131 Å². The predicted molar refractivity (Wildman–Crippen MR) is 84.2 cm³/mol. The van der Waals surface area contributed by atoms with Crippen molar-refractivity contribution in [3.05, 3.63) is 29.3 Å². The maximum Gasteiger partial charge on any atom is 0.159 e. The predicted octanol–water partition coefficient (Wildman–Crippen LogP) is 1.61. The van der Waals surface area contributed by atoms with Crippen molar-refractivity contribution < 1.29 is 19.7 Å². The third-order valence-corrected chi connectivity index (χ3v) is 3.99. The summed E-state index contributed by atoms with van der Waals surface area (Å²) in [5.41, 5.74) is 1.11. The SMILES string of the molecule is CC(=O)c1ccc(OCC(O)CN2CCCCC2)c(CO)c1. The van der Waals surface area contributed by atoms with Crippen LogP contribution in [0, 0.1) is 0 Å². The average molecular weight is 307 g/mol.